The standard InChI is InChI=1S/C18H17N3/c1-12-3-8-16(13(2)11-12)18-17(20-9-10-21-18)14-4-6-15(19)7-5-14/h3-11H,19H2,1-2H3. The number of nitrogens with two attached hydrogens (primary N) is 1. The molecular formula is C18H17N3. The third-order valence-corrected chi connectivity index (χ3v) is 3.52. The largest absolute Gasteiger partial charge is 0.399 e. The molecular weight excluding hydrogens is 258 g/mol. The van der Waals surface area contributed by atoms with Crippen molar-refractivity contribution in [1.82, 2.24) is 9.97 Å². The molecule has 21 heavy (non-hydrogen) atoms. The van der Waals surface area contributed by atoms with E-state index >= 15 is 0 Å². The third kappa shape index (κ3) is 2.63. The van der Waals surface area contributed by atoms with E-state index in [0.29, 0.717) is 0 Å². The predicted octanol–water partition coefficient (Wildman–Crippen LogP) is 4.01. The minimum absolute atomic E-state index is 0.746. The Hall–Kier alpha value is -2.68. The molecule has 3 rings (SSSR count). The van der Waals surface area contributed by atoms with Crippen LogP contribution in [0.15, 0.2) is 54.9 Å². The highest BCUT2D eigenvalue weighted by atomic mass is 14.8. The van der Waals surface area contributed by atoms with Crippen molar-refractivity contribution < 1.29 is 0 Å². The molecule has 3 heteroatoms. The molecule has 0 amide bonds. The van der Waals surface area contributed by atoms with Crippen LogP contribution in [-0.2, 0) is 0 Å². The van der Waals surface area contributed by atoms with Crippen molar-refractivity contribution in [3.8, 4) is 22.5 Å². The van der Waals surface area contributed by atoms with Crippen molar-refractivity contribution in [2.45, 2.75) is 13.8 Å². The molecule has 3 nitrogen and oxygen atoms in total. The summed E-state index contributed by atoms with van der Waals surface area (Å²) < 4.78 is 0. The van der Waals surface area contributed by atoms with Crippen LogP contribution in [0.2, 0.25) is 0 Å². The van der Waals surface area contributed by atoms with Crippen molar-refractivity contribution in [2.24, 2.45) is 0 Å². The first-order chi connectivity index (χ1) is 10.1. The lowest BCUT2D eigenvalue weighted by atomic mass is 9.99. The molecule has 0 spiro atoms. The van der Waals surface area contributed by atoms with Gasteiger partial charge in [-0.2, -0.15) is 0 Å². The molecule has 0 unspecified atom stereocenters. The summed E-state index contributed by atoms with van der Waals surface area (Å²) in [6.07, 6.45) is 3.45. The minimum Gasteiger partial charge on any atom is -0.399 e. The second kappa shape index (κ2) is 5.37. The molecule has 0 aliphatic carbocycles. The van der Waals surface area contributed by atoms with Crippen LogP contribution in [0.5, 0.6) is 0 Å². The number of nitrogens with zero attached hydrogens (tertiary/aromatic N) is 2. The fourth-order valence-electron chi connectivity index (χ4n) is 2.47. The number of rotatable bonds is 2. The Kier molecular flexibility index (Phi) is 3.40. The first kappa shape index (κ1) is 13.3. The van der Waals surface area contributed by atoms with Crippen LogP contribution < -0.4 is 5.73 Å². The van der Waals surface area contributed by atoms with Gasteiger partial charge in [-0.15, -0.1) is 0 Å². The van der Waals surface area contributed by atoms with Crippen LogP contribution in [0.3, 0.4) is 0 Å². The zero-order valence-corrected chi connectivity index (χ0v) is 12.2. The average Bonchev–Trinajstić information content (AvgIpc) is 2.48. The summed E-state index contributed by atoms with van der Waals surface area (Å²) in [5.41, 5.74) is 12.9. The van der Waals surface area contributed by atoms with Crippen LogP contribution in [-0.4, -0.2) is 9.97 Å². The van der Waals surface area contributed by atoms with E-state index in [9.17, 15) is 0 Å². The summed E-state index contributed by atoms with van der Waals surface area (Å²) in [5.74, 6) is 0. The fraction of sp³-hybridized carbons (Fsp3) is 0.111. The van der Waals surface area contributed by atoms with E-state index < -0.39 is 0 Å². The van der Waals surface area contributed by atoms with Crippen molar-refractivity contribution in [2.75, 3.05) is 5.73 Å². The summed E-state index contributed by atoms with van der Waals surface area (Å²) in [6, 6.07) is 14.1. The molecule has 2 aromatic carbocycles. The predicted molar refractivity (Wildman–Crippen MR) is 86.8 cm³/mol. The Bertz CT molecular complexity index is 777. The molecule has 0 atom stereocenters. The monoisotopic (exact) mass is 275 g/mol. The minimum atomic E-state index is 0.746. The molecule has 104 valence electrons. The number of hydrogen-bond donors (Lipinski definition) is 1. The van der Waals surface area contributed by atoms with Gasteiger partial charge in [0.15, 0.2) is 0 Å². The summed E-state index contributed by atoms with van der Waals surface area (Å²) in [4.78, 5) is 9.06. The maximum atomic E-state index is 5.76. The summed E-state index contributed by atoms with van der Waals surface area (Å²) >= 11 is 0. The summed E-state index contributed by atoms with van der Waals surface area (Å²) in [6.45, 7) is 4.19. The van der Waals surface area contributed by atoms with Gasteiger partial charge in [-0.3, -0.25) is 9.97 Å². The second-order valence-electron chi connectivity index (χ2n) is 5.19. The van der Waals surface area contributed by atoms with Crippen molar-refractivity contribution >= 4 is 5.69 Å². The summed E-state index contributed by atoms with van der Waals surface area (Å²) in [7, 11) is 0. The van der Waals surface area contributed by atoms with E-state index in [4.69, 9.17) is 5.73 Å². The third-order valence-electron chi connectivity index (χ3n) is 3.52. The van der Waals surface area contributed by atoms with Gasteiger partial charge >= 0.3 is 0 Å². The smallest absolute Gasteiger partial charge is 0.0967 e. The van der Waals surface area contributed by atoms with E-state index in [1.165, 1.54) is 11.1 Å². The second-order valence-corrected chi connectivity index (χ2v) is 5.19. The van der Waals surface area contributed by atoms with Gasteiger partial charge in [0.1, 0.15) is 0 Å². The molecule has 2 N–H and O–H groups in total. The lowest BCUT2D eigenvalue weighted by Gasteiger charge is -2.11. The average molecular weight is 275 g/mol. The van der Waals surface area contributed by atoms with Crippen LogP contribution in [0.4, 0.5) is 5.69 Å². The zero-order valence-electron chi connectivity index (χ0n) is 12.2. The van der Waals surface area contributed by atoms with Gasteiger partial charge in [-0.05, 0) is 31.5 Å². The number of hydrogen-bond acceptors (Lipinski definition) is 3. The van der Waals surface area contributed by atoms with Gasteiger partial charge in [0.25, 0.3) is 0 Å². The maximum Gasteiger partial charge on any atom is 0.0967 e. The number of anilines is 1. The van der Waals surface area contributed by atoms with Gasteiger partial charge in [-0.1, -0.05) is 35.9 Å². The maximum absolute atomic E-state index is 5.76. The molecule has 0 aliphatic heterocycles. The van der Waals surface area contributed by atoms with Crippen molar-refractivity contribution in [1.29, 1.82) is 0 Å². The van der Waals surface area contributed by atoms with E-state index in [1.54, 1.807) is 12.4 Å². The molecule has 0 saturated heterocycles. The molecule has 0 radical (unpaired) electrons. The highest BCUT2D eigenvalue weighted by molar-refractivity contribution is 5.79. The normalized spacial score (nSPS) is 10.6. The molecule has 1 aromatic heterocycles. The lowest BCUT2D eigenvalue weighted by molar-refractivity contribution is 1.20. The van der Waals surface area contributed by atoms with Crippen LogP contribution in [0.25, 0.3) is 22.5 Å². The topological polar surface area (TPSA) is 51.8 Å². The van der Waals surface area contributed by atoms with Crippen LogP contribution >= 0.6 is 0 Å². The quantitative estimate of drug-likeness (QED) is 0.719. The highest BCUT2D eigenvalue weighted by Gasteiger charge is 2.12. The Balaban J connectivity index is 2.18. The molecule has 1 heterocycles. The lowest BCUT2D eigenvalue weighted by Crippen LogP contribution is -1.95. The number of aromatic nitrogens is 2. The van der Waals surface area contributed by atoms with Gasteiger partial charge in [0.05, 0.1) is 11.4 Å². The summed E-state index contributed by atoms with van der Waals surface area (Å²) in [5, 5.41) is 0. The van der Waals surface area contributed by atoms with Gasteiger partial charge in [0, 0.05) is 29.2 Å². The Morgan fingerprint density at radius 1 is 0.810 bits per heavy atom. The number of aryl methyl sites for hydroxylation is 2. The van der Waals surface area contributed by atoms with Gasteiger partial charge in [0.2, 0.25) is 0 Å². The SMILES string of the molecule is Cc1ccc(-c2nccnc2-c2ccc(N)cc2)c(C)c1. The van der Waals surface area contributed by atoms with Crippen molar-refractivity contribution in [3.63, 3.8) is 0 Å². The molecule has 0 bridgehead atoms. The Morgan fingerprint density at radius 2 is 1.48 bits per heavy atom. The molecule has 3 aromatic rings. The van der Waals surface area contributed by atoms with E-state index in [-0.39, 0.29) is 0 Å². The van der Waals surface area contributed by atoms with E-state index in [2.05, 4.69) is 42.0 Å². The number of nitrogen functional groups attached to an aromatic ring is 1. The van der Waals surface area contributed by atoms with E-state index in [0.717, 1.165) is 28.2 Å². The van der Waals surface area contributed by atoms with E-state index in [1.807, 2.05) is 24.3 Å². The Labute approximate surface area is 124 Å². The van der Waals surface area contributed by atoms with Gasteiger partial charge < -0.3 is 5.73 Å². The zero-order chi connectivity index (χ0) is 14.8. The highest BCUT2D eigenvalue weighted by Crippen LogP contribution is 2.30. The van der Waals surface area contributed by atoms with Crippen LogP contribution in [0.1, 0.15) is 11.1 Å². The van der Waals surface area contributed by atoms with Gasteiger partial charge in [-0.25, -0.2) is 0 Å². The Morgan fingerprint density at radius 3 is 2.14 bits per heavy atom. The first-order valence-corrected chi connectivity index (χ1v) is 6.90. The number of benzene rings is 2. The fourth-order valence-corrected chi connectivity index (χ4v) is 2.47. The molecule has 0 aliphatic rings. The first-order valence-electron chi connectivity index (χ1n) is 6.90. The molecule has 0 fully saturated rings. The van der Waals surface area contributed by atoms with Crippen LogP contribution in [0, 0.1) is 13.8 Å². The van der Waals surface area contributed by atoms with Crippen molar-refractivity contribution in [3.05, 3.63) is 66.0 Å². The molecule has 0 saturated carbocycles.